The number of nitrogens with zero attached hydrogens (tertiary/aromatic N) is 6. The summed E-state index contributed by atoms with van der Waals surface area (Å²) in [5, 5.41) is 24.4. The summed E-state index contributed by atoms with van der Waals surface area (Å²) in [7, 11) is -6.57. The molecule has 10 heteroatoms. The van der Waals surface area contributed by atoms with Crippen LogP contribution in [0.15, 0.2) is 48.5 Å². The van der Waals surface area contributed by atoms with Gasteiger partial charge in [-0.05, 0) is 22.3 Å². The molecule has 0 aliphatic rings. The summed E-state index contributed by atoms with van der Waals surface area (Å²) >= 11 is 0. The van der Waals surface area contributed by atoms with E-state index in [0.29, 0.717) is 0 Å². The highest BCUT2D eigenvalue weighted by atomic mass is 28.3. The monoisotopic (exact) mass is 604 g/mol. The number of rotatable bonds is 9. The van der Waals surface area contributed by atoms with Crippen LogP contribution >= 0.6 is 0 Å². The van der Waals surface area contributed by atoms with E-state index in [9.17, 15) is 0 Å². The van der Waals surface area contributed by atoms with Crippen LogP contribution in [0.2, 0.25) is 78.6 Å². The molecule has 4 rings (SSSR count). The van der Waals surface area contributed by atoms with Crippen molar-refractivity contribution in [3.8, 4) is 11.1 Å². The lowest BCUT2D eigenvalue weighted by atomic mass is 9.95. The van der Waals surface area contributed by atoms with Gasteiger partial charge in [-0.2, -0.15) is 0 Å². The van der Waals surface area contributed by atoms with Gasteiger partial charge in [-0.25, -0.2) is 9.36 Å². The zero-order chi connectivity index (χ0) is 29.7. The molecule has 0 N–H and O–H groups in total. The van der Waals surface area contributed by atoms with Crippen LogP contribution in [0.4, 0.5) is 0 Å². The van der Waals surface area contributed by atoms with E-state index in [-0.39, 0.29) is 0 Å². The zero-order valence-electron chi connectivity index (χ0n) is 26.7. The molecule has 2 aromatic heterocycles. The molecule has 0 fully saturated rings. The molecule has 0 saturated heterocycles. The molecule has 6 nitrogen and oxygen atoms in total. The minimum atomic E-state index is -1.67. The lowest BCUT2D eigenvalue weighted by molar-refractivity contribution is 0.660. The summed E-state index contributed by atoms with van der Waals surface area (Å²) in [6, 6.07) is 17.6. The quantitative estimate of drug-likeness (QED) is 0.257. The Kier molecular flexibility index (Phi) is 8.23. The van der Waals surface area contributed by atoms with E-state index < -0.39 is 32.3 Å². The highest BCUT2D eigenvalue weighted by Crippen LogP contribution is 2.28. The standard InChI is InChI=1S/C30H48N6Si4/c1-37(2,3)27-29(39(7,8)9)35(33-31-27)21-23-17-13-15-19-25(23)26-20-16-14-18-24(26)22-36-30(40(10,11)12)28(32-34-36)38(4,5)6/h13-20H,21-22H2,1-12H3. The Balaban J connectivity index is 1.80. The van der Waals surface area contributed by atoms with E-state index in [1.54, 1.807) is 0 Å². The lowest BCUT2D eigenvalue weighted by Crippen LogP contribution is -2.58. The smallest absolute Gasteiger partial charge is 0.106 e. The predicted octanol–water partition coefficient (Wildman–Crippen LogP) is 4.81. The number of benzene rings is 2. The number of aromatic nitrogens is 6. The molecule has 0 unspecified atom stereocenters. The van der Waals surface area contributed by atoms with Crippen LogP contribution < -0.4 is 21.3 Å². The number of hydrogen-bond acceptors (Lipinski definition) is 4. The molecule has 0 amide bonds. The highest BCUT2D eigenvalue weighted by molar-refractivity contribution is 6.98. The Morgan fingerprint density at radius 3 is 1.10 bits per heavy atom. The van der Waals surface area contributed by atoms with Crippen molar-refractivity contribution in [2.75, 3.05) is 0 Å². The Morgan fingerprint density at radius 1 is 0.475 bits per heavy atom. The van der Waals surface area contributed by atoms with Crippen molar-refractivity contribution in [2.24, 2.45) is 0 Å². The minimum Gasteiger partial charge on any atom is -0.250 e. The second kappa shape index (κ2) is 10.8. The molecular formula is C30H48N6Si4. The summed E-state index contributed by atoms with van der Waals surface area (Å²) < 4.78 is 4.42. The van der Waals surface area contributed by atoms with Crippen LogP contribution in [0.1, 0.15) is 11.1 Å². The third-order valence-corrected chi connectivity index (χ3v) is 15.1. The van der Waals surface area contributed by atoms with Crippen molar-refractivity contribution in [3.05, 3.63) is 59.7 Å². The highest BCUT2D eigenvalue weighted by Gasteiger charge is 2.35. The molecule has 0 spiro atoms. The van der Waals surface area contributed by atoms with Gasteiger partial charge in [0.15, 0.2) is 0 Å². The fourth-order valence-electron chi connectivity index (χ4n) is 5.51. The summed E-state index contributed by atoms with van der Waals surface area (Å²) in [5.41, 5.74) is 5.05. The van der Waals surface area contributed by atoms with Crippen LogP contribution in [0, 0.1) is 0 Å². The topological polar surface area (TPSA) is 61.4 Å². The van der Waals surface area contributed by atoms with Crippen molar-refractivity contribution in [1.29, 1.82) is 0 Å². The maximum Gasteiger partial charge on any atom is 0.106 e. The summed E-state index contributed by atoms with van der Waals surface area (Å²) in [5.74, 6) is 0. The van der Waals surface area contributed by atoms with Crippen molar-refractivity contribution in [3.63, 3.8) is 0 Å². The van der Waals surface area contributed by atoms with Crippen molar-refractivity contribution in [2.45, 2.75) is 91.7 Å². The van der Waals surface area contributed by atoms with Gasteiger partial charge in [0.1, 0.15) is 32.3 Å². The summed E-state index contributed by atoms with van der Waals surface area (Å²) in [6.45, 7) is 30.2. The Labute approximate surface area is 245 Å². The van der Waals surface area contributed by atoms with Gasteiger partial charge >= 0.3 is 0 Å². The van der Waals surface area contributed by atoms with Gasteiger partial charge in [0, 0.05) is 10.6 Å². The van der Waals surface area contributed by atoms with E-state index in [2.05, 4.69) is 136 Å². The molecule has 0 aliphatic carbocycles. The van der Waals surface area contributed by atoms with Crippen molar-refractivity contribution in [1.82, 2.24) is 30.0 Å². The maximum atomic E-state index is 4.78. The molecule has 40 heavy (non-hydrogen) atoms. The predicted molar refractivity (Wildman–Crippen MR) is 182 cm³/mol. The molecule has 0 saturated carbocycles. The molecule has 0 atom stereocenters. The fourth-order valence-corrected chi connectivity index (χ4v) is 15.7. The Hall–Kier alpha value is -2.41. The first kappa shape index (κ1) is 30.5. The van der Waals surface area contributed by atoms with Crippen LogP contribution in [-0.4, -0.2) is 62.3 Å². The van der Waals surface area contributed by atoms with Gasteiger partial charge in [0.25, 0.3) is 0 Å². The Morgan fingerprint density at radius 2 is 0.800 bits per heavy atom. The van der Waals surface area contributed by atoms with Crippen molar-refractivity contribution >= 4 is 53.6 Å². The third-order valence-electron chi connectivity index (χ3n) is 7.28. The van der Waals surface area contributed by atoms with E-state index in [0.717, 1.165) is 13.1 Å². The molecule has 4 aromatic rings. The fraction of sp³-hybridized carbons (Fsp3) is 0.467. The molecule has 0 bridgehead atoms. The molecule has 2 heterocycles. The van der Waals surface area contributed by atoms with E-state index in [1.165, 1.54) is 43.5 Å². The normalized spacial score (nSPS) is 13.2. The molecule has 0 radical (unpaired) electrons. The third kappa shape index (κ3) is 6.40. The van der Waals surface area contributed by atoms with Gasteiger partial charge < -0.3 is 0 Å². The Bertz CT molecular complexity index is 1380. The second-order valence-corrected chi connectivity index (χ2v) is 35.1. The molecule has 214 valence electrons. The first-order valence-corrected chi connectivity index (χ1v) is 28.4. The molecule has 0 aliphatic heterocycles. The van der Waals surface area contributed by atoms with Crippen molar-refractivity contribution < 1.29 is 0 Å². The summed E-state index contributed by atoms with van der Waals surface area (Å²) in [6.07, 6.45) is 0. The molecular weight excluding hydrogens is 557 g/mol. The second-order valence-electron chi connectivity index (χ2n) is 15.2. The van der Waals surface area contributed by atoms with Crippen LogP contribution in [-0.2, 0) is 13.1 Å². The van der Waals surface area contributed by atoms with E-state index in [1.807, 2.05) is 0 Å². The van der Waals surface area contributed by atoms with E-state index in [4.69, 9.17) is 20.6 Å². The molecule has 2 aromatic carbocycles. The van der Waals surface area contributed by atoms with Gasteiger partial charge in [0.2, 0.25) is 0 Å². The lowest BCUT2D eigenvalue weighted by Gasteiger charge is -2.25. The average Bonchev–Trinajstić information content (AvgIpc) is 3.44. The SMILES string of the molecule is C[Si](C)(C)c1nnn(Cc2ccccc2-c2ccccc2Cn2nnc([Si](C)(C)C)c2[Si](C)(C)C)c1[Si](C)(C)C. The van der Waals surface area contributed by atoms with Gasteiger partial charge in [-0.15, -0.1) is 10.2 Å². The van der Waals surface area contributed by atoms with Gasteiger partial charge in [-0.3, -0.25) is 0 Å². The van der Waals surface area contributed by atoms with Crippen LogP contribution in [0.25, 0.3) is 11.1 Å². The van der Waals surface area contributed by atoms with Gasteiger partial charge in [0.05, 0.1) is 23.7 Å². The zero-order valence-corrected chi connectivity index (χ0v) is 30.7. The summed E-state index contributed by atoms with van der Waals surface area (Å²) in [4.78, 5) is 0. The van der Waals surface area contributed by atoms with Crippen LogP contribution in [0.3, 0.4) is 0 Å². The average molecular weight is 605 g/mol. The largest absolute Gasteiger partial charge is 0.250 e. The first-order valence-electron chi connectivity index (χ1n) is 14.4. The minimum absolute atomic E-state index is 0.727. The first-order chi connectivity index (χ1) is 18.4. The maximum absolute atomic E-state index is 4.78. The number of hydrogen-bond donors (Lipinski definition) is 0. The van der Waals surface area contributed by atoms with Crippen LogP contribution in [0.5, 0.6) is 0 Å². The van der Waals surface area contributed by atoms with E-state index >= 15 is 0 Å². The van der Waals surface area contributed by atoms with Gasteiger partial charge in [-0.1, -0.05) is 138 Å².